The van der Waals surface area contributed by atoms with Crippen LogP contribution >= 0.6 is 0 Å². The zero-order chi connectivity index (χ0) is 18.1. The maximum Gasteiger partial charge on any atom is 0.152 e. The smallest absolute Gasteiger partial charge is 0.152 e. The number of furan rings is 1. The van der Waals surface area contributed by atoms with Crippen LogP contribution < -0.4 is 5.32 Å². The van der Waals surface area contributed by atoms with Gasteiger partial charge in [-0.3, -0.25) is 0 Å². The van der Waals surface area contributed by atoms with E-state index in [1.54, 1.807) is 6.26 Å². The number of ether oxygens (including phenoxy) is 2. The number of nitriles is 1. The summed E-state index contributed by atoms with van der Waals surface area (Å²) in [5, 5.41) is 13.2. The highest BCUT2D eigenvalue weighted by Crippen LogP contribution is 2.38. The van der Waals surface area contributed by atoms with Crippen LogP contribution in [0, 0.1) is 11.3 Å². The van der Waals surface area contributed by atoms with Crippen LogP contribution in [0.3, 0.4) is 0 Å². The average Bonchev–Trinajstić information content (AvgIpc) is 3.31. The molecule has 0 saturated carbocycles. The van der Waals surface area contributed by atoms with Crippen molar-refractivity contribution in [1.82, 2.24) is 4.98 Å². The van der Waals surface area contributed by atoms with E-state index >= 15 is 0 Å². The van der Waals surface area contributed by atoms with E-state index in [0.29, 0.717) is 36.7 Å². The van der Waals surface area contributed by atoms with Crippen molar-refractivity contribution in [2.24, 2.45) is 0 Å². The Morgan fingerprint density at radius 1 is 1.38 bits per heavy atom. The van der Waals surface area contributed by atoms with Crippen LogP contribution in [0.4, 0.5) is 5.82 Å². The van der Waals surface area contributed by atoms with Gasteiger partial charge in [0.25, 0.3) is 0 Å². The number of aromatic nitrogens is 1. The van der Waals surface area contributed by atoms with E-state index in [1.807, 2.05) is 26.0 Å². The lowest BCUT2D eigenvalue weighted by Gasteiger charge is -2.33. The summed E-state index contributed by atoms with van der Waals surface area (Å²) >= 11 is 0. The second-order valence-electron chi connectivity index (χ2n) is 7.47. The molecule has 4 rings (SSSR count). The Morgan fingerprint density at radius 3 is 2.96 bits per heavy atom. The fraction of sp³-hybridized carbons (Fsp3) is 0.500. The minimum Gasteiger partial charge on any atom is -0.463 e. The van der Waals surface area contributed by atoms with E-state index in [2.05, 4.69) is 11.4 Å². The van der Waals surface area contributed by atoms with Crippen molar-refractivity contribution in [3.8, 4) is 17.5 Å². The Hall–Kier alpha value is -2.36. The fourth-order valence-electron chi connectivity index (χ4n) is 3.65. The van der Waals surface area contributed by atoms with E-state index in [1.165, 1.54) is 0 Å². The molecule has 0 aromatic carbocycles. The lowest BCUT2D eigenvalue weighted by Crippen LogP contribution is -2.33. The van der Waals surface area contributed by atoms with E-state index in [4.69, 9.17) is 18.9 Å². The van der Waals surface area contributed by atoms with Crippen LogP contribution in [0.25, 0.3) is 11.5 Å². The lowest BCUT2D eigenvalue weighted by molar-refractivity contribution is -0.0400. The van der Waals surface area contributed by atoms with Crippen LogP contribution in [0.1, 0.15) is 43.4 Å². The van der Waals surface area contributed by atoms with Crippen molar-refractivity contribution in [1.29, 1.82) is 5.26 Å². The summed E-state index contributed by atoms with van der Waals surface area (Å²) in [6.45, 7) is 5.97. The third-order valence-corrected chi connectivity index (χ3v) is 5.01. The summed E-state index contributed by atoms with van der Waals surface area (Å²) in [5.74, 6) is 1.29. The Kier molecular flexibility index (Phi) is 4.43. The van der Waals surface area contributed by atoms with E-state index in [9.17, 15) is 5.26 Å². The molecule has 4 heterocycles. The molecule has 0 spiro atoms. The highest BCUT2D eigenvalue weighted by Gasteiger charge is 2.32. The first-order valence-electron chi connectivity index (χ1n) is 9.06. The Morgan fingerprint density at radius 2 is 2.27 bits per heavy atom. The summed E-state index contributed by atoms with van der Waals surface area (Å²) < 4.78 is 17.3. The van der Waals surface area contributed by atoms with Crippen LogP contribution in [0.15, 0.2) is 22.8 Å². The minimum absolute atomic E-state index is 0.172. The predicted molar refractivity (Wildman–Crippen MR) is 96.7 cm³/mol. The normalized spacial score (nSPS) is 21.2. The Labute approximate surface area is 153 Å². The van der Waals surface area contributed by atoms with Gasteiger partial charge in [-0.15, -0.1) is 0 Å². The molecule has 0 unspecified atom stereocenters. The van der Waals surface area contributed by atoms with Gasteiger partial charge in [0.2, 0.25) is 0 Å². The summed E-state index contributed by atoms with van der Waals surface area (Å²) in [5.41, 5.74) is 2.98. The maximum atomic E-state index is 9.83. The molecule has 2 aromatic rings. The number of hydrogen-bond acceptors (Lipinski definition) is 6. The minimum atomic E-state index is -0.313. The third kappa shape index (κ3) is 3.20. The van der Waals surface area contributed by atoms with E-state index in [0.717, 1.165) is 36.3 Å². The third-order valence-electron chi connectivity index (χ3n) is 5.01. The zero-order valence-electron chi connectivity index (χ0n) is 15.2. The molecule has 136 valence electrons. The number of rotatable bonds is 4. The SMILES string of the molecule is CC1(C)Cc2c(C#N)c(NC[C@@H]3CCCO3)nc(-c3ccco3)c2CO1. The standard InChI is InChI=1S/C20H23N3O3/c1-20(2)9-14-15(10-21)19(22-11-13-5-3-7-24-13)23-18(16(14)12-26-20)17-6-4-8-25-17/h4,6,8,13H,3,5,7,9,11-12H2,1-2H3,(H,22,23)/t13-/m0/s1. The first kappa shape index (κ1) is 17.1. The highest BCUT2D eigenvalue weighted by atomic mass is 16.5. The highest BCUT2D eigenvalue weighted by molar-refractivity contribution is 5.69. The van der Waals surface area contributed by atoms with Crippen molar-refractivity contribution in [2.45, 2.75) is 51.4 Å². The topological polar surface area (TPSA) is 80.3 Å². The molecule has 0 amide bonds. The number of pyridine rings is 1. The second-order valence-corrected chi connectivity index (χ2v) is 7.47. The number of nitrogens with zero attached hydrogens (tertiary/aromatic N) is 2. The van der Waals surface area contributed by atoms with Crippen molar-refractivity contribution >= 4 is 5.82 Å². The van der Waals surface area contributed by atoms with Crippen molar-refractivity contribution in [3.05, 3.63) is 35.1 Å². The molecular weight excluding hydrogens is 330 g/mol. The van der Waals surface area contributed by atoms with Gasteiger partial charge < -0.3 is 19.2 Å². The molecule has 1 fully saturated rings. The monoisotopic (exact) mass is 353 g/mol. The average molecular weight is 353 g/mol. The van der Waals surface area contributed by atoms with Gasteiger partial charge in [0.15, 0.2) is 5.76 Å². The molecule has 0 radical (unpaired) electrons. The van der Waals surface area contributed by atoms with Crippen LogP contribution in [0.2, 0.25) is 0 Å². The molecule has 6 heteroatoms. The molecule has 2 aliphatic rings. The number of hydrogen-bond donors (Lipinski definition) is 1. The molecule has 1 saturated heterocycles. The molecule has 1 N–H and O–H groups in total. The van der Waals surface area contributed by atoms with Gasteiger partial charge >= 0.3 is 0 Å². The summed E-state index contributed by atoms with van der Waals surface area (Å²) in [7, 11) is 0. The molecule has 0 bridgehead atoms. The predicted octanol–water partition coefficient (Wildman–Crippen LogP) is 3.66. The van der Waals surface area contributed by atoms with Crippen molar-refractivity contribution in [2.75, 3.05) is 18.5 Å². The second kappa shape index (κ2) is 6.75. The molecule has 1 atom stereocenters. The van der Waals surface area contributed by atoms with Gasteiger partial charge in [0.1, 0.15) is 17.6 Å². The fourth-order valence-corrected chi connectivity index (χ4v) is 3.65. The molecule has 0 aliphatic carbocycles. The first-order chi connectivity index (χ1) is 12.6. The summed E-state index contributed by atoms with van der Waals surface area (Å²) in [6.07, 6.45) is 4.58. The molecule has 6 nitrogen and oxygen atoms in total. The van der Waals surface area contributed by atoms with Crippen LogP contribution in [-0.4, -0.2) is 29.8 Å². The number of fused-ring (bicyclic) bond motifs is 1. The maximum absolute atomic E-state index is 9.83. The molecule has 26 heavy (non-hydrogen) atoms. The van der Waals surface area contributed by atoms with Crippen LogP contribution in [0.5, 0.6) is 0 Å². The number of nitrogens with one attached hydrogen (secondary N) is 1. The largest absolute Gasteiger partial charge is 0.463 e. The van der Waals surface area contributed by atoms with Gasteiger partial charge in [-0.1, -0.05) is 0 Å². The molecule has 2 aliphatic heterocycles. The summed E-state index contributed by atoms with van der Waals surface area (Å²) in [6, 6.07) is 6.09. The van der Waals surface area contributed by atoms with Crippen molar-refractivity contribution < 1.29 is 13.9 Å². The van der Waals surface area contributed by atoms with Crippen molar-refractivity contribution in [3.63, 3.8) is 0 Å². The summed E-state index contributed by atoms with van der Waals surface area (Å²) in [4.78, 5) is 4.75. The Balaban J connectivity index is 1.77. The quantitative estimate of drug-likeness (QED) is 0.903. The molecular formula is C20H23N3O3. The Bertz CT molecular complexity index is 831. The lowest BCUT2D eigenvalue weighted by atomic mass is 9.87. The molecule has 2 aromatic heterocycles. The number of anilines is 1. The van der Waals surface area contributed by atoms with Gasteiger partial charge in [0, 0.05) is 25.1 Å². The van der Waals surface area contributed by atoms with Gasteiger partial charge in [-0.05, 0) is 44.4 Å². The van der Waals surface area contributed by atoms with Crippen LogP contribution in [-0.2, 0) is 22.5 Å². The first-order valence-corrected chi connectivity index (χ1v) is 9.06. The van der Waals surface area contributed by atoms with Gasteiger partial charge in [-0.25, -0.2) is 4.98 Å². The van der Waals surface area contributed by atoms with E-state index in [-0.39, 0.29) is 11.7 Å². The van der Waals surface area contributed by atoms with E-state index < -0.39 is 0 Å². The zero-order valence-corrected chi connectivity index (χ0v) is 15.2. The van der Waals surface area contributed by atoms with Gasteiger partial charge in [-0.2, -0.15) is 5.26 Å². The van der Waals surface area contributed by atoms with Gasteiger partial charge in [0.05, 0.1) is 30.1 Å².